The number of fused-ring (bicyclic) bond motifs is 3. The minimum absolute atomic E-state index is 0.232. The van der Waals surface area contributed by atoms with E-state index in [9.17, 15) is 9.59 Å². The van der Waals surface area contributed by atoms with Crippen molar-refractivity contribution in [3.05, 3.63) is 60.5 Å². The SMILES string of the molecule is C=CC(=O)NCCOc1ccc2c3n(c(=NC(=O)c4cccnc4)nc2c1OC)CCN3. The lowest BCUT2D eigenvalue weighted by Crippen LogP contribution is -2.26. The summed E-state index contributed by atoms with van der Waals surface area (Å²) in [6, 6.07) is 7.00. The highest BCUT2D eigenvalue weighted by Crippen LogP contribution is 2.37. The Bertz CT molecular complexity index is 1250. The highest BCUT2D eigenvalue weighted by molar-refractivity contribution is 5.96. The molecule has 0 bridgehead atoms. The Balaban J connectivity index is 1.74. The van der Waals surface area contributed by atoms with Crippen molar-refractivity contribution in [2.45, 2.75) is 6.54 Å². The van der Waals surface area contributed by atoms with Crippen LogP contribution in [0.3, 0.4) is 0 Å². The molecule has 1 aromatic carbocycles. The number of hydrogen-bond acceptors (Lipinski definition) is 7. The molecule has 10 heteroatoms. The van der Waals surface area contributed by atoms with Crippen LogP contribution in [0.15, 0.2) is 54.3 Å². The third-order valence-corrected chi connectivity index (χ3v) is 4.86. The Morgan fingerprint density at radius 3 is 3.00 bits per heavy atom. The maximum Gasteiger partial charge on any atom is 0.281 e. The van der Waals surface area contributed by atoms with Crippen molar-refractivity contribution in [3.63, 3.8) is 0 Å². The number of nitrogens with zero attached hydrogens (tertiary/aromatic N) is 4. The Kier molecular flexibility index (Phi) is 6.11. The van der Waals surface area contributed by atoms with E-state index in [1.807, 2.05) is 10.6 Å². The van der Waals surface area contributed by atoms with E-state index < -0.39 is 5.91 Å². The largest absolute Gasteiger partial charge is 0.491 e. The van der Waals surface area contributed by atoms with Crippen LogP contribution in [0.5, 0.6) is 11.5 Å². The van der Waals surface area contributed by atoms with Crippen molar-refractivity contribution in [3.8, 4) is 11.5 Å². The molecule has 0 spiro atoms. The molecule has 0 unspecified atom stereocenters. The second kappa shape index (κ2) is 9.29. The van der Waals surface area contributed by atoms with Crippen LogP contribution in [0.1, 0.15) is 10.4 Å². The first-order valence-corrected chi connectivity index (χ1v) is 10.00. The average Bonchev–Trinajstić information content (AvgIpc) is 3.32. The summed E-state index contributed by atoms with van der Waals surface area (Å²) in [4.78, 5) is 36.8. The number of rotatable bonds is 7. The molecule has 1 aliphatic rings. The van der Waals surface area contributed by atoms with Crippen LogP contribution >= 0.6 is 0 Å². The molecular formula is C22H22N6O4. The average molecular weight is 434 g/mol. The van der Waals surface area contributed by atoms with Crippen molar-refractivity contribution < 1.29 is 19.1 Å². The van der Waals surface area contributed by atoms with Gasteiger partial charge in [0.15, 0.2) is 11.5 Å². The van der Waals surface area contributed by atoms with E-state index in [1.165, 1.54) is 19.4 Å². The number of anilines is 1. The van der Waals surface area contributed by atoms with Crippen LogP contribution in [-0.4, -0.2) is 53.2 Å². The Labute approximate surface area is 183 Å². The molecule has 2 aromatic heterocycles. The molecule has 0 radical (unpaired) electrons. The molecule has 4 rings (SSSR count). The molecule has 3 aromatic rings. The summed E-state index contributed by atoms with van der Waals surface area (Å²) >= 11 is 0. The number of carbonyl (C=O) groups excluding carboxylic acids is 2. The van der Waals surface area contributed by atoms with Crippen LogP contribution in [-0.2, 0) is 11.3 Å². The van der Waals surface area contributed by atoms with E-state index in [4.69, 9.17) is 9.47 Å². The van der Waals surface area contributed by atoms with Gasteiger partial charge in [-0.1, -0.05) is 6.58 Å². The van der Waals surface area contributed by atoms with E-state index in [-0.39, 0.29) is 18.1 Å². The molecule has 0 saturated heterocycles. The van der Waals surface area contributed by atoms with Gasteiger partial charge in [-0.2, -0.15) is 4.99 Å². The fraction of sp³-hybridized carbons (Fsp3) is 0.227. The number of nitrogens with one attached hydrogen (secondary N) is 2. The lowest BCUT2D eigenvalue weighted by atomic mass is 10.2. The van der Waals surface area contributed by atoms with Gasteiger partial charge in [-0.05, 0) is 30.3 Å². The van der Waals surface area contributed by atoms with Crippen LogP contribution < -0.4 is 25.7 Å². The number of hydrogen-bond donors (Lipinski definition) is 2. The molecule has 2 N–H and O–H groups in total. The highest BCUT2D eigenvalue weighted by Gasteiger charge is 2.20. The van der Waals surface area contributed by atoms with Gasteiger partial charge in [-0.15, -0.1) is 0 Å². The molecule has 0 saturated carbocycles. The summed E-state index contributed by atoms with van der Waals surface area (Å²) in [5, 5.41) is 6.79. The predicted molar refractivity (Wildman–Crippen MR) is 118 cm³/mol. The number of pyridine rings is 1. The number of ether oxygens (including phenoxy) is 2. The maximum atomic E-state index is 12.6. The topological polar surface area (TPSA) is 120 Å². The van der Waals surface area contributed by atoms with Crippen molar-refractivity contribution in [1.82, 2.24) is 19.9 Å². The third-order valence-electron chi connectivity index (χ3n) is 4.86. The third kappa shape index (κ3) is 4.15. The molecule has 10 nitrogen and oxygen atoms in total. The Hall–Kier alpha value is -4.21. The summed E-state index contributed by atoms with van der Waals surface area (Å²) in [5.41, 5.74) is 1.15. The van der Waals surface area contributed by atoms with Gasteiger partial charge in [0.25, 0.3) is 5.91 Å². The predicted octanol–water partition coefficient (Wildman–Crippen LogP) is 1.29. The zero-order valence-electron chi connectivity index (χ0n) is 17.5. The molecule has 1 aliphatic heterocycles. The van der Waals surface area contributed by atoms with Crippen LogP contribution in [0, 0.1) is 0 Å². The van der Waals surface area contributed by atoms with E-state index in [1.54, 1.807) is 24.4 Å². The zero-order valence-corrected chi connectivity index (χ0v) is 17.5. The van der Waals surface area contributed by atoms with Gasteiger partial charge in [0.05, 0.1) is 19.2 Å². The smallest absolute Gasteiger partial charge is 0.281 e. The minimum atomic E-state index is -0.434. The number of benzene rings is 1. The summed E-state index contributed by atoms with van der Waals surface area (Å²) in [7, 11) is 1.52. The first-order chi connectivity index (χ1) is 15.6. The molecule has 164 valence electrons. The molecule has 0 atom stereocenters. The van der Waals surface area contributed by atoms with Gasteiger partial charge in [0.1, 0.15) is 17.9 Å². The number of aromatic nitrogens is 3. The highest BCUT2D eigenvalue weighted by atomic mass is 16.5. The number of amides is 2. The van der Waals surface area contributed by atoms with Gasteiger partial charge >= 0.3 is 0 Å². The standard InChI is InChI=1S/C22H22N6O4/c1-3-17(29)24-10-12-32-16-7-6-15-18(19(16)31-2)26-22(28-11-9-25-20(15)28)27-21(30)14-5-4-8-23-13-14/h3-8,13,25H,1,9-12H2,2H3,(H,24,29). The maximum absolute atomic E-state index is 12.6. The van der Waals surface area contributed by atoms with Crippen molar-refractivity contribution >= 4 is 28.5 Å². The molecule has 3 heterocycles. The van der Waals surface area contributed by atoms with Gasteiger partial charge in [-0.3, -0.25) is 19.1 Å². The summed E-state index contributed by atoms with van der Waals surface area (Å²) in [6.45, 7) is 5.26. The zero-order chi connectivity index (χ0) is 22.5. The first-order valence-electron chi connectivity index (χ1n) is 10.00. The quantitative estimate of drug-likeness (QED) is 0.425. The van der Waals surface area contributed by atoms with Crippen LogP contribution in [0.2, 0.25) is 0 Å². The van der Waals surface area contributed by atoms with Gasteiger partial charge in [0, 0.05) is 30.9 Å². The first kappa shape index (κ1) is 21.0. The summed E-state index contributed by atoms with van der Waals surface area (Å²) in [6.07, 6.45) is 4.26. The molecule has 32 heavy (non-hydrogen) atoms. The van der Waals surface area contributed by atoms with Crippen molar-refractivity contribution in [2.24, 2.45) is 4.99 Å². The van der Waals surface area contributed by atoms with Crippen molar-refractivity contribution in [2.75, 3.05) is 32.1 Å². The van der Waals surface area contributed by atoms with E-state index in [0.717, 1.165) is 11.2 Å². The molecule has 0 aliphatic carbocycles. The molecule has 2 amide bonds. The molecule has 0 fully saturated rings. The van der Waals surface area contributed by atoms with Gasteiger partial charge in [-0.25, -0.2) is 4.98 Å². The van der Waals surface area contributed by atoms with Crippen LogP contribution in [0.25, 0.3) is 10.9 Å². The van der Waals surface area contributed by atoms with Gasteiger partial charge in [0.2, 0.25) is 11.5 Å². The summed E-state index contributed by atoms with van der Waals surface area (Å²) in [5.74, 6) is 0.975. The molecular weight excluding hydrogens is 412 g/mol. The fourth-order valence-corrected chi connectivity index (χ4v) is 3.40. The fourth-order valence-electron chi connectivity index (χ4n) is 3.40. The monoisotopic (exact) mass is 434 g/mol. The van der Waals surface area contributed by atoms with Gasteiger partial charge < -0.3 is 20.1 Å². The van der Waals surface area contributed by atoms with E-state index in [2.05, 4.69) is 32.2 Å². The van der Waals surface area contributed by atoms with Crippen LogP contribution in [0.4, 0.5) is 5.82 Å². The lowest BCUT2D eigenvalue weighted by molar-refractivity contribution is -0.116. The second-order valence-electron chi connectivity index (χ2n) is 6.83. The van der Waals surface area contributed by atoms with Crippen molar-refractivity contribution in [1.29, 1.82) is 0 Å². The normalized spacial score (nSPS) is 12.7. The minimum Gasteiger partial charge on any atom is -0.491 e. The van der Waals surface area contributed by atoms with E-state index >= 15 is 0 Å². The summed E-state index contributed by atoms with van der Waals surface area (Å²) < 4.78 is 13.3. The lowest BCUT2D eigenvalue weighted by Gasteiger charge is -2.15. The van der Waals surface area contributed by atoms with E-state index in [0.29, 0.717) is 42.2 Å². The Morgan fingerprint density at radius 2 is 2.25 bits per heavy atom. The Morgan fingerprint density at radius 1 is 1.38 bits per heavy atom. The number of carbonyl (C=O) groups is 2. The second-order valence-corrected chi connectivity index (χ2v) is 6.83. The number of methoxy groups -OCH3 is 1.